The molecule has 2 aliphatic rings. The molecule has 2 fully saturated rings. The van der Waals surface area contributed by atoms with E-state index in [4.69, 9.17) is 9.26 Å². The number of rotatable bonds is 8. The van der Waals surface area contributed by atoms with E-state index >= 15 is 0 Å². The number of aliphatic hydroxyl groups is 1. The van der Waals surface area contributed by atoms with Crippen molar-refractivity contribution in [3.63, 3.8) is 0 Å². The van der Waals surface area contributed by atoms with Gasteiger partial charge in [-0.3, -0.25) is 9.80 Å². The monoisotopic (exact) mass is 310 g/mol. The van der Waals surface area contributed by atoms with Crippen molar-refractivity contribution in [3.05, 3.63) is 11.7 Å². The van der Waals surface area contributed by atoms with Crippen LogP contribution in [0.3, 0.4) is 0 Å². The molecule has 1 aromatic heterocycles. The molecular weight excluding hydrogens is 284 g/mol. The predicted molar refractivity (Wildman–Crippen MR) is 80.5 cm³/mol. The van der Waals surface area contributed by atoms with Crippen molar-refractivity contribution < 1.29 is 14.4 Å². The fourth-order valence-electron chi connectivity index (χ4n) is 3.06. The van der Waals surface area contributed by atoms with Gasteiger partial charge in [-0.15, -0.1) is 0 Å². The van der Waals surface area contributed by atoms with Gasteiger partial charge >= 0.3 is 0 Å². The molecule has 0 unspecified atom stereocenters. The minimum atomic E-state index is -0.410. The van der Waals surface area contributed by atoms with Crippen molar-refractivity contribution in [2.45, 2.75) is 43.9 Å². The van der Waals surface area contributed by atoms with Gasteiger partial charge in [0, 0.05) is 32.2 Å². The highest BCUT2D eigenvalue weighted by Crippen LogP contribution is 2.38. The van der Waals surface area contributed by atoms with Crippen LogP contribution in [0.5, 0.6) is 0 Å². The summed E-state index contributed by atoms with van der Waals surface area (Å²) in [4.78, 5) is 9.06. The van der Waals surface area contributed by atoms with E-state index in [0.29, 0.717) is 25.1 Å². The summed E-state index contributed by atoms with van der Waals surface area (Å²) >= 11 is 0. The summed E-state index contributed by atoms with van der Waals surface area (Å²) < 4.78 is 10.3. The molecule has 22 heavy (non-hydrogen) atoms. The van der Waals surface area contributed by atoms with Crippen LogP contribution in [0.4, 0.5) is 0 Å². The van der Waals surface area contributed by atoms with Crippen LogP contribution in [0.15, 0.2) is 4.52 Å². The number of β-amino-alcohol motifs (C(OH)–C–C–N with tert-alkyl or cyclic N) is 1. The minimum absolute atomic E-state index is 0.393. The number of aromatic nitrogens is 2. The van der Waals surface area contributed by atoms with Crippen LogP contribution in [0, 0.1) is 0 Å². The van der Waals surface area contributed by atoms with Crippen molar-refractivity contribution in [2.75, 3.05) is 40.4 Å². The lowest BCUT2D eigenvalue weighted by atomic mass is 10.2. The number of methoxy groups -OCH3 is 1. The molecule has 1 saturated heterocycles. The normalized spacial score (nSPS) is 24.3. The molecule has 1 aliphatic heterocycles. The van der Waals surface area contributed by atoms with E-state index in [-0.39, 0.29) is 0 Å². The summed E-state index contributed by atoms with van der Waals surface area (Å²) in [7, 11) is 3.72. The van der Waals surface area contributed by atoms with Gasteiger partial charge in [0.25, 0.3) is 0 Å². The van der Waals surface area contributed by atoms with Gasteiger partial charge in [-0.05, 0) is 32.9 Å². The summed E-state index contributed by atoms with van der Waals surface area (Å²) in [5, 5.41) is 13.9. The summed E-state index contributed by atoms with van der Waals surface area (Å²) in [6, 6.07) is 0.470. The molecule has 0 amide bonds. The second-order valence-electron chi connectivity index (χ2n) is 6.55. The third-order valence-electron chi connectivity index (χ3n) is 4.50. The zero-order valence-electron chi connectivity index (χ0n) is 13.4. The summed E-state index contributed by atoms with van der Waals surface area (Å²) in [5.74, 6) is 2.09. The second kappa shape index (κ2) is 7.04. The van der Waals surface area contributed by atoms with Crippen molar-refractivity contribution in [3.8, 4) is 0 Å². The van der Waals surface area contributed by atoms with Crippen LogP contribution in [-0.2, 0) is 11.3 Å². The highest BCUT2D eigenvalue weighted by atomic mass is 16.5. The largest absolute Gasteiger partial charge is 0.389 e. The average Bonchev–Trinajstić information content (AvgIpc) is 3.05. The van der Waals surface area contributed by atoms with Gasteiger partial charge in [-0.2, -0.15) is 4.98 Å². The minimum Gasteiger partial charge on any atom is -0.389 e. The van der Waals surface area contributed by atoms with Gasteiger partial charge < -0.3 is 14.4 Å². The molecule has 2 atom stereocenters. The molecule has 0 spiro atoms. The Balaban J connectivity index is 1.45. The molecule has 0 bridgehead atoms. The molecule has 7 heteroatoms. The number of nitrogens with zero attached hydrogens (tertiary/aromatic N) is 4. The first kappa shape index (κ1) is 15.9. The molecule has 3 rings (SSSR count). The van der Waals surface area contributed by atoms with Crippen LogP contribution in [-0.4, -0.2) is 77.6 Å². The third kappa shape index (κ3) is 4.04. The maximum atomic E-state index is 9.82. The highest BCUT2D eigenvalue weighted by molar-refractivity contribution is 5.01. The zero-order chi connectivity index (χ0) is 15.5. The standard InChI is InChI=1S/C15H26N4O3/c1-18(9-14-16-15(22-17-14)11-3-4-11)12-5-6-19(7-12)8-13(20)10-21-2/h11-13,20H,3-10H2,1-2H3/t12-,13-/m0/s1. The van der Waals surface area contributed by atoms with Gasteiger partial charge in [-0.25, -0.2) is 0 Å². The number of likely N-dealkylation sites (tertiary alicyclic amines) is 1. The second-order valence-corrected chi connectivity index (χ2v) is 6.55. The molecule has 7 nitrogen and oxygen atoms in total. The van der Waals surface area contributed by atoms with Gasteiger partial charge in [0.15, 0.2) is 5.82 Å². The Morgan fingerprint density at radius 2 is 2.27 bits per heavy atom. The maximum absolute atomic E-state index is 9.82. The lowest BCUT2D eigenvalue weighted by Gasteiger charge is -2.24. The molecule has 2 heterocycles. The quantitative estimate of drug-likeness (QED) is 0.747. The number of ether oxygens (including phenoxy) is 1. The van der Waals surface area contributed by atoms with Crippen molar-refractivity contribution in [2.24, 2.45) is 0 Å². The Kier molecular flexibility index (Phi) is 5.07. The Morgan fingerprint density at radius 3 is 3.00 bits per heavy atom. The molecule has 0 aromatic carbocycles. The first-order valence-corrected chi connectivity index (χ1v) is 8.07. The first-order chi connectivity index (χ1) is 10.7. The van der Waals surface area contributed by atoms with E-state index in [1.54, 1.807) is 7.11 Å². The summed E-state index contributed by atoms with van der Waals surface area (Å²) in [6.45, 7) is 3.76. The van der Waals surface area contributed by atoms with Gasteiger partial charge in [0.2, 0.25) is 5.89 Å². The van der Waals surface area contributed by atoms with Crippen molar-refractivity contribution in [1.29, 1.82) is 0 Å². The number of hydrogen-bond acceptors (Lipinski definition) is 7. The fraction of sp³-hybridized carbons (Fsp3) is 0.867. The van der Waals surface area contributed by atoms with Crippen LogP contribution in [0.2, 0.25) is 0 Å². The summed E-state index contributed by atoms with van der Waals surface area (Å²) in [5.41, 5.74) is 0. The Bertz CT molecular complexity index is 477. The summed E-state index contributed by atoms with van der Waals surface area (Å²) in [6.07, 6.45) is 3.05. The van der Waals surface area contributed by atoms with E-state index < -0.39 is 6.10 Å². The van der Waals surface area contributed by atoms with Crippen molar-refractivity contribution in [1.82, 2.24) is 19.9 Å². The van der Waals surface area contributed by atoms with E-state index in [9.17, 15) is 5.11 Å². The van der Waals surface area contributed by atoms with Crippen LogP contribution in [0.1, 0.15) is 36.9 Å². The average molecular weight is 310 g/mol. The van der Waals surface area contributed by atoms with Crippen LogP contribution < -0.4 is 0 Å². The molecule has 0 radical (unpaired) electrons. The molecule has 1 saturated carbocycles. The van der Waals surface area contributed by atoms with Crippen LogP contribution in [0.25, 0.3) is 0 Å². The van der Waals surface area contributed by atoms with E-state index in [1.807, 2.05) is 0 Å². The Morgan fingerprint density at radius 1 is 1.45 bits per heavy atom. The SMILES string of the molecule is COC[C@@H](O)CN1CC[C@H](N(C)Cc2noc(C3CC3)n2)C1. The fourth-order valence-corrected chi connectivity index (χ4v) is 3.06. The van der Waals surface area contributed by atoms with E-state index in [1.165, 1.54) is 12.8 Å². The smallest absolute Gasteiger partial charge is 0.229 e. The number of aliphatic hydroxyl groups excluding tert-OH is 1. The first-order valence-electron chi connectivity index (χ1n) is 8.07. The Hall–Kier alpha value is -1.02. The number of likely N-dealkylation sites (N-methyl/N-ethyl adjacent to an activating group) is 1. The van der Waals surface area contributed by atoms with Gasteiger partial charge in [-0.1, -0.05) is 5.16 Å². The lowest BCUT2D eigenvalue weighted by molar-refractivity contribution is 0.0413. The highest BCUT2D eigenvalue weighted by Gasteiger charge is 2.31. The Labute approximate surface area is 131 Å². The van der Waals surface area contributed by atoms with E-state index in [2.05, 4.69) is 27.0 Å². The third-order valence-corrected chi connectivity index (χ3v) is 4.50. The molecular formula is C15H26N4O3. The topological polar surface area (TPSA) is 74.9 Å². The lowest BCUT2D eigenvalue weighted by Crippen LogP contribution is -2.37. The van der Waals surface area contributed by atoms with E-state index in [0.717, 1.165) is 37.8 Å². The molecule has 1 aliphatic carbocycles. The molecule has 1 N–H and O–H groups in total. The van der Waals surface area contributed by atoms with Crippen molar-refractivity contribution >= 4 is 0 Å². The predicted octanol–water partition coefficient (Wildman–Crippen LogP) is 0.460. The molecule has 1 aromatic rings. The zero-order valence-corrected chi connectivity index (χ0v) is 13.4. The van der Waals surface area contributed by atoms with Crippen LogP contribution >= 0.6 is 0 Å². The van der Waals surface area contributed by atoms with Gasteiger partial charge in [0.1, 0.15) is 0 Å². The molecule has 124 valence electrons. The maximum Gasteiger partial charge on any atom is 0.229 e. The van der Waals surface area contributed by atoms with Gasteiger partial charge in [0.05, 0.1) is 19.3 Å². The number of hydrogen-bond donors (Lipinski definition) is 1.